The summed E-state index contributed by atoms with van der Waals surface area (Å²) in [4.78, 5) is 10.2. The van der Waals surface area contributed by atoms with Crippen molar-refractivity contribution in [2.24, 2.45) is 5.41 Å². The van der Waals surface area contributed by atoms with Gasteiger partial charge in [-0.2, -0.15) is 4.39 Å². The monoisotopic (exact) mass is 301 g/mol. The first kappa shape index (κ1) is 12.5. The number of hydrogen-bond donors (Lipinski definition) is 0. The Morgan fingerprint density at radius 2 is 2.24 bits per heavy atom. The van der Waals surface area contributed by atoms with Gasteiger partial charge in [-0.15, -0.1) is 0 Å². The summed E-state index contributed by atoms with van der Waals surface area (Å²) in [5, 5.41) is 10.5. The smallest absolute Gasteiger partial charge is 0.258 e. The van der Waals surface area contributed by atoms with E-state index in [0.29, 0.717) is 4.83 Å². The summed E-state index contributed by atoms with van der Waals surface area (Å²) in [6.45, 7) is 2.09. The summed E-state index contributed by atoms with van der Waals surface area (Å²) in [5.41, 5.74) is 0.588. The van der Waals surface area contributed by atoms with Crippen LogP contribution in [0, 0.1) is 21.3 Å². The molecule has 0 saturated heterocycles. The second kappa shape index (κ2) is 4.37. The third-order valence-electron chi connectivity index (χ3n) is 3.50. The first-order valence-electron chi connectivity index (χ1n) is 5.51. The predicted molar refractivity (Wildman–Crippen MR) is 66.8 cm³/mol. The number of benzene rings is 1. The number of hydrogen-bond acceptors (Lipinski definition) is 2. The molecule has 0 bridgehead atoms. The second-order valence-corrected chi connectivity index (χ2v) is 6.07. The van der Waals surface area contributed by atoms with Gasteiger partial charge in [0.05, 0.1) is 4.92 Å². The van der Waals surface area contributed by atoms with E-state index in [0.717, 1.165) is 24.8 Å². The highest BCUT2D eigenvalue weighted by molar-refractivity contribution is 9.09. The Balaban J connectivity index is 2.19. The topological polar surface area (TPSA) is 43.1 Å². The molecule has 1 fully saturated rings. The Morgan fingerprint density at radius 1 is 1.59 bits per heavy atom. The summed E-state index contributed by atoms with van der Waals surface area (Å²) in [6, 6.07) is 4.18. The molecular formula is C12H13BrFNO2. The van der Waals surface area contributed by atoms with Gasteiger partial charge in [0.15, 0.2) is 0 Å². The summed E-state index contributed by atoms with van der Waals surface area (Å²) in [6.07, 6.45) is 3.02. The van der Waals surface area contributed by atoms with E-state index >= 15 is 0 Å². The molecule has 1 aliphatic rings. The van der Waals surface area contributed by atoms with Crippen molar-refractivity contribution >= 4 is 21.6 Å². The minimum Gasteiger partial charge on any atom is -0.258 e. The lowest BCUT2D eigenvalue weighted by molar-refractivity contribution is -0.387. The van der Waals surface area contributed by atoms with Crippen LogP contribution < -0.4 is 0 Å². The van der Waals surface area contributed by atoms with Crippen LogP contribution in [0.25, 0.3) is 0 Å². The van der Waals surface area contributed by atoms with Gasteiger partial charge in [-0.3, -0.25) is 10.1 Å². The van der Waals surface area contributed by atoms with Crippen LogP contribution in [0.5, 0.6) is 0 Å². The Bertz CT molecular complexity index is 458. The largest absolute Gasteiger partial charge is 0.304 e. The SMILES string of the molecule is CC(Br)C1(Cc2ccc([N+](=O)[O-])c(F)c2)CC1. The summed E-state index contributed by atoms with van der Waals surface area (Å²) in [5.74, 6) is -0.745. The van der Waals surface area contributed by atoms with Crippen LogP contribution in [-0.2, 0) is 6.42 Å². The summed E-state index contributed by atoms with van der Waals surface area (Å²) >= 11 is 3.57. The van der Waals surface area contributed by atoms with Crippen LogP contribution in [0.1, 0.15) is 25.3 Å². The molecule has 5 heteroatoms. The molecule has 1 unspecified atom stereocenters. The first-order valence-corrected chi connectivity index (χ1v) is 6.43. The van der Waals surface area contributed by atoms with Gasteiger partial charge >= 0.3 is 5.69 Å². The molecule has 92 valence electrons. The number of nitrogens with zero attached hydrogens (tertiary/aromatic N) is 1. The fourth-order valence-corrected chi connectivity index (χ4v) is 2.71. The van der Waals surface area contributed by atoms with E-state index in [9.17, 15) is 14.5 Å². The van der Waals surface area contributed by atoms with E-state index in [1.165, 1.54) is 12.1 Å². The normalized spacial score (nSPS) is 18.8. The van der Waals surface area contributed by atoms with Crippen LogP contribution >= 0.6 is 15.9 Å². The van der Waals surface area contributed by atoms with Crippen molar-refractivity contribution in [3.05, 3.63) is 39.7 Å². The Hall–Kier alpha value is -0.970. The van der Waals surface area contributed by atoms with Gasteiger partial charge in [0.25, 0.3) is 0 Å². The molecule has 1 atom stereocenters. The fourth-order valence-electron chi connectivity index (χ4n) is 2.09. The maximum atomic E-state index is 13.4. The molecule has 1 aliphatic carbocycles. The number of alkyl halides is 1. The van der Waals surface area contributed by atoms with E-state index in [2.05, 4.69) is 22.9 Å². The fraction of sp³-hybridized carbons (Fsp3) is 0.500. The van der Waals surface area contributed by atoms with Crippen molar-refractivity contribution in [3.8, 4) is 0 Å². The van der Waals surface area contributed by atoms with Gasteiger partial charge < -0.3 is 0 Å². The maximum absolute atomic E-state index is 13.4. The molecule has 1 aromatic carbocycles. The molecule has 0 spiro atoms. The average Bonchev–Trinajstić information content (AvgIpc) is 2.98. The van der Waals surface area contributed by atoms with Gasteiger partial charge in [0.1, 0.15) is 0 Å². The van der Waals surface area contributed by atoms with Crippen LogP contribution in [0.15, 0.2) is 18.2 Å². The third kappa shape index (κ3) is 2.49. The molecule has 0 radical (unpaired) electrons. The predicted octanol–water partition coefficient (Wildman–Crippen LogP) is 3.84. The lowest BCUT2D eigenvalue weighted by Crippen LogP contribution is -2.15. The van der Waals surface area contributed by atoms with Gasteiger partial charge in [-0.25, -0.2) is 0 Å². The minimum absolute atomic E-state index is 0.211. The standard InChI is InChI=1S/C12H13BrFNO2/c1-8(13)12(4-5-12)7-9-2-3-11(15(16)17)10(14)6-9/h2-3,6,8H,4-5,7H2,1H3. The van der Waals surface area contributed by atoms with Gasteiger partial charge in [-0.05, 0) is 36.3 Å². The molecule has 0 aliphatic heterocycles. The zero-order chi connectivity index (χ0) is 12.6. The van der Waals surface area contributed by atoms with Gasteiger partial charge in [0, 0.05) is 10.9 Å². The third-order valence-corrected chi connectivity index (χ3v) is 4.47. The van der Waals surface area contributed by atoms with E-state index in [4.69, 9.17) is 0 Å². The maximum Gasteiger partial charge on any atom is 0.304 e. The van der Waals surface area contributed by atoms with Crippen molar-refractivity contribution in [1.82, 2.24) is 0 Å². The van der Waals surface area contributed by atoms with Gasteiger partial charge in [0.2, 0.25) is 5.82 Å². The molecule has 17 heavy (non-hydrogen) atoms. The van der Waals surface area contributed by atoms with Crippen LogP contribution in [0.3, 0.4) is 0 Å². The van der Waals surface area contributed by atoms with Crippen LogP contribution in [0.2, 0.25) is 0 Å². The first-order chi connectivity index (χ1) is 7.94. The van der Waals surface area contributed by atoms with Crippen molar-refractivity contribution < 1.29 is 9.31 Å². The van der Waals surface area contributed by atoms with E-state index in [1.54, 1.807) is 6.07 Å². The zero-order valence-corrected chi connectivity index (χ0v) is 11.0. The molecule has 3 nitrogen and oxygen atoms in total. The van der Waals surface area contributed by atoms with Crippen LogP contribution in [0.4, 0.5) is 10.1 Å². The Morgan fingerprint density at radius 3 is 2.65 bits per heavy atom. The van der Waals surface area contributed by atoms with Crippen LogP contribution in [-0.4, -0.2) is 9.75 Å². The number of rotatable bonds is 4. The molecule has 0 N–H and O–H groups in total. The lowest BCUT2D eigenvalue weighted by Gasteiger charge is -2.17. The van der Waals surface area contributed by atoms with Crippen molar-refractivity contribution in [2.75, 3.05) is 0 Å². The van der Waals surface area contributed by atoms with E-state index in [1.807, 2.05) is 0 Å². The van der Waals surface area contributed by atoms with Crippen molar-refractivity contribution in [2.45, 2.75) is 31.0 Å². The Kier molecular flexibility index (Phi) is 3.21. The highest BCUT2D eigenvalue weighted by Crippen LogP contribution is 2.53. The molecular weight excluding hydrogens is 289 g/mol. The molecule has 1 saturated carbocycles. The van der Waals surface area contributed by atoms with E-state index < -0.39 is 16.4 Å². The highest BCUT2D eigenvalue weighted by atomic mass is 79.9. The van der Waals surface area contributed by atoms with Crippen molar-refractivity contribution in [3.63, 3.8) is 0 Å². The molecule has 0 aromatic heterocycles. The minimum atomic E-state index is -0.745. The van der Waals surface area contributed by atoms with Crippen molar-refractivity contribution in [1.29, 1.82) is 0 Å². The summed E-state index contributed by atoms with van der Waals surface area (Å²) < 4.78 is 13.4. The average molecular weight is 302 g/mol. The lowest BCUT2D eigenvalue weighted by atomic mass is 9.94. The van der Waals surface area contributed by atoms with E-state index in [-0.39, 0.29) is 5.41 Å². The Labute approximate surface area is 107 Å². The number of halogens is 2. The summed E-state index contributed by atoms with van der Waals surface area (Å²) in [7, 11) is 0. The number of nitro benzene ring substituents is 1. The molecule has 1 aromatic rings. The highest BCUT2D eigenvalue weighted by Gasteiger charge is 2.46. The quantitative estimate of drug-likeness (QED) is 0.482. The number of nitro groups is 1. The second-order valence-electron chi connectivity index (χ2n) is 4.70. The molecule has 2 rings (SSSR count). The van der Waals surface area contributed by atoms with Gasteiger partial charge in [-0.1, -0.05) is 28.9 Å². The molecule has 0 heterocycles. The molecule has 0 amide bonds. The zero-order valence-electron chi connectivity index (χ0n) is 9.45.